The Morgan fingerprint density at radius 1 is 1.35 bits per heavy atom. The van der Waals surface area contributed by atoms with Crippen LogP contribution in [0.3, 0.4) is 0 Å². The van der Waals surface area contributed by atoms with Crippen molar-refractivity contribution in [2.24, 2.45) is 5.92 Å². The molecule has 0 saturated carbocycles. The number of aromatic nitrogens is 1. The van der Waals surface area contributed by atoms with Crippen molar-refractivity contribution in [2.75, 3.05) is 12.3 Å². The van der Waals surface area contributed by atoms with Gasteiger partial charge in [0.05, 0.1) is 11.8 Å². The fraction of sp³-hybridized carbons (Fsp3) is 0.333. The largest absolute Gasteiger partial charge is 0.335 e. The van der Waals surface area contributed by atoms with Crippen molar-refractivity contribution in [2.45, 2.75) is 24.3 Å². The number of likely N-dealkylation sites (tertiary alicyclic amines) is 1. The van der Waals surface area contributed by atoms with Crippen LogP contribution >= 0.6 is 11.8 Å². The average Bonchev–Trinajstić information content (AvgIpc) is 2.95. The highest BCUT2D eigenvalue weighted by Crippen LogP contribution is 2.37. The van der Waals surface area contributed by atoms with E-state index in [9.17, 15) is 9.18 Å². The number of hydrogen-bond donors (Lipinski definition) is 0. The van der Waals surface area contributed by atoms with E-state index < -0.39 is 0 Å². The number of carbonyl (C=O) groups excluding carboxylic acids is 1. The number of hydrogen-bond acceptors (Lipinski definition) is 3. The fourth-order valence-electron chi connectivity index (χ4n) is 3.09. The summed E-state index contributed by atoms with van der Waals surface area (Å²) in [6.07, 6.45) is 4.40. The molecule has 3 rings (SSSR count). The Morgan fingerprint density at radius 3 is 2.87 bits per heavy atom. The van der Waals surface area contributed by atoms with Crippen molar-refractivity contribution < 1.29 is 9.18 Å². The summed E-state index contributed by atoms with van der Waals surface area (Å²) < 4.78 is 13.5. The first-order valence-electron chi connectivity index (χ1n) is 7.73. The maximum Gasteiger partial charge on any atom is 0.233 e. The second-order valence-corrected chi connectivity index (χ2v) is 6.87. The van der Waals surface area contributed by atoms with Gasteiger partial charge in [-0.1, -0.05) is 19.1 Å². The highest BCUT2D eigenvalue weighted by Gasteiger charge is 2.35. The monoisotopic (exact) mass is 330 g/mol. The van der Waals surface area contributed by atoms with E-state index >= 15 is 0 Å². The molecule has 5 heteroatoms. The lowest BCUT2D eigenvalue weighted by Crippen LogP contribution is -2.33. The van der Waals surface area contributed by atoms with E-state index in [0.717, 1.165) is 23.4 Å². The van der Waals surface area contributed by atoms with E-state index in [0.29, 0.717) is 11.7 Å². The minimum absolute atomic E-state index is 0.0313. The molecule has 0 aliphatic carbocycles. The lowest BCUT2D eigenvalue weighted by Gasteiger charge is -2.27. The SMILES string of the molecule is C[C@@H]1CCN(C(=O)CSc2ccncc2)[C@H]1c1cccc(F)c1. The summed E-state index contributed by atoms with van der Waals surface area (Å²) in [5, 5.41) is 0. The van der Waals surface area contributed by atoms with Gasteiger partial charge in [0, 0.05) is 23.8 Å². The second kappa shape index (κ2) is 7.13. The van der Waals surface area contributed by atoms with E-state index in [1.54, 1.807) is 24.5 Å². The number of halogens is 1. The zero-order valence-electron chi connectivity index (χ0n) is 13.0. The van der Waals surface area contributed by atoms with E-state index in [1.165, 1.54) is 17.8 Å². The molecule has 2 aromatic rings. The summed E-state index contributed by atoms with van der Waals surface area (Å²) in [4.78, 5) is 19.5. The molecule has 1 aromatic carbocycles. The molecule has 23 heavy (non-hydrogen) atoms. The standard InChI is InChI=1S/C18H19FN2OS/c1-13-7-10-21(18(13)14-3-2-4-15(19)11-14)17(22)12-23-16-5-8-20-9-6-16/h2-6,8-9,11,13,18H,7,10,12H2,1H3/t13-,18-/m1/s1. The smallest absolute Gasteiger partial charge is 0.233 e. The molecule has 2 atom stereocenters. The molecular weight excluding hydrogens is 311 g/mol. The normalized spacial score (nSPS) is 20.7. The molecule has 3 nitrogen and oxygen atoms in total. The predicted octanol–water partition coefficient (Wildman–Crippen LogP) is 3.92. The highest BCUT2D eigenvalue weighted by molar-refractivity contribution is 8.00. The summed E-state index contributed by atoms with van der Waals surface area (Å²) in [7, 11) is 0. The topological polar surface area (TPSA) is 33.2 Å². The number of benzene rings is 1. The van der Waals surface area contributed by atoms with Gasteiger partial charge in [0.1, 0.15) is 5.82 Å². The molecule has 0 spiro atoms. The number of amides is 1. The van der Waals surface area contributed by atoms with Crippen LogP contribution in [0.15, 0.2) is 53.7 Å². The van der Waals surface area contributed by atoms with Crippen LogP contribution < -0.4 is 0 Å². The molecule has 0 radical (unpaired) electrons. The zero-order valence-corrected chi connectivity index (χ0v) is 13.8. The van der Waals surface area contributed by atoms with Crippen molar-refractivity contribution in [3.8, 4) is 0 Å². The molecule has 1 aliphatic heterocycles. The minimum Gasteiger partial charge on any atom is -0.335 e. The molecule has 0 bridgehead atoms. The van der Waals surface area contributed by atoms with Gasteiger partial charge in [0.25, 0.3) is 0 Å². The van der Waals surface area contributed by atoms with Gasteiger partial charge in [-0.15, -0.1) is 11.8 Å². The lowest BCUT2D eigenvalue weighted by atomic mass is 9.95. The van der Waals surface area contributed by atoms with Gasteiger partial charge in [0.2, 0.25) is 5.91 Å². The number of nitrogens with zero attached hydrogens (tertiary/aromatic N) is 2. The third-order valence-corrected chi connectivity index (χ3v) is 5.22. The van der Waals surface area contributed by atoms with E-state index in [4.69, 9.17) is 0 Å². The summed E-state index contributed by atoms with van der Waals surface area (Å²) in [5.41, 5.74) is 0.886. The number of rotatable bonds is 4. The number of pyridine rings is 1. The molecule has 1 saturated heterocycles. The predicted molar refractivity (Wildman–Crippen MR) is 89.6 cm³/mol. The Balaban J connectivity index is 1.71. The van der Waals surface area contributed by atoms with E-state index in [1.807, 2.05) is 23.1 Å². The number of thioether (sulfide) groups is 1. The molecule has 120 valence electrons. The Morgan fingerprint density at radius 2 is 2.13 bits per heavy atom. The van der Waals surface area contributed by atoms with Crippen molar-refractivity contribution in [1.29, 1.82) is 0 Å². The first-order valence-corrected chi connectivity index (χ1v) is 8.71. The summed E-state index contributed by atoms with van der Waals surface area (Å²) in [5.74, 6) is 0.583. The van der Waals surface area contributed by atoms with Crippen LogP contribution in [0.25, 0.3) is 0 Å². The molecular formula is C18H19FN2OS. The van der Waals surface area contributed by atoms with Crippen LogP contribution in [0.5, 0.6) is 0 Å². The Bertz CT molecular complexity index is 680. The van der Waals surface area contributed by atoms with Gasteiger partial charge < -0.3 is 4.90 Å². The second-order valence-electron chi connectivity index (χ2n) is 5.82. The maximum atomic E-state index is 13.5. The van der Waals surface area contributed by atoms with Gasteiger partial charge in [-0.25, -0.2) is 4.39 Å². The molecule has 1 aromatic heterocycles. The Labute approximate surface area is 139 Å². The Kier molecular flexibility index (Phi) is 4.96. The van der Waals surface area contributed by atoms with E-state index in [2.05, 4.69) is 11.9 Å². The maximum absolute atomic E-state index is 13.5. The zero-order chi connectivity index (χ0) is 16.2. The van der Waals surface area contributed by atoms with Crippen molar-refractivity contribution >= 4 is 17.7 Å². The van der Waals surface area contributed by atoms with Gasteiger partial charge in [-0.2, -0.15) is 0 Å². The molecule has 1 amide bonds. The van der Waals surface area contributed by atoms with E-state index in [-0.39, 0.29) is 17.8 Å². The van der Waals surface area contributed by atoms with Crippen molar-refractivity contribution in [3.05, 3.63) is 60.2 Å². The Hall–Kier alpha value is -1.88. The average molecular weight is 330 g/mol. The van der Waals surface area contributed by atoms with Crippen LogP contribution in [0.1, 0.15) is 24.9 Å². The molecule has 1 aliphatic rings. The number of carbonyl (C=O) groups is 1. The van der Waals surface area contributed by atoms with Crippen molar-refractivity contribution in [1.82, 2.24) is 9.88 Å². The lowest BCUT2D eigenvalue weighted by molar-refractivity contribution is -0.129. The quantitative estimate of drug-likeness (QED) is 0.797. The fourth-order valence-corrected chi connectivity index (χ4v) is 3.86. The molecule has 1 fully saturated rings. The van der Waals surface area contributed by atoms with Crippen molar-refractivity contribution in [3.63, 3.8) is 0 Å². The first kappa shape index (κ1) is 16.0. The molecule has 0 N–H and O–H groups in total. The van der Waals surface area contributed by atoms with Gasteiger partial charge in [0.15, 0.2) is 0 Å². The third kappa shape index (κ3) is 3.72. The first-order chi connectivity index (χ1) is 11.1. The van der Waals surface area contributed by atoms with Crippen LogP contribution in [-0.2, 0) is 4.79 Å². The molecule has 0 unspecified atom stereocenters. The molecule has 2 heterocycles. The van der Waals surface area contributed by atoms with Gasteiger partial charge >= 0.3 is 0 Å². The highest BCUT2D eigenvalue weighted by atomic mass is 32.2. The van der Waals surface area contributed by atoms with Gasteiger partial charge in [-0.3, -0.25) is 9.78 Å². The van der Waals surface area contributed by atoms with Gasteiger partial charge in [-0.05, 0) is 42.2 Å². The van der Waals surface area contributed by atoms with Crippen LogP contribution in [0, 0.1) is 11.7 Å². The summed E-state index contributed by atoms with van der Waals surface area (Å²) in [6.45, 7) is 2.86. The summed E-state index contributed by atoms with van der Waals surface area (Å²) >= 11 is 1.51. The van der Waals surface area contributed by atoms with Crippen LogP contribution in [-0.4, -0.2) is 28.1 Å². The van der Waals surface area contributed by atoms with Crippen LogP contribution in [0.2, 0.25) is 0 Å². The third-order valence-electron chi connectivity index (χ3n) is 4.22. The van der Waals surface area contributed by atoms with Crippen LogP contribution in [0.4, 0.5) is 4.39 Å². The summed E-state index contributed by atoms with van der Waals surface area (Å²) in [6, 6.07) is 10.4. The minimum atomic E-state index is -0.250.